The number of hydrogen-bond donors (Lipinski definition) is 0. The zero-order chi connectivity index (χ0) is 18.6. The Morgan fingerprint density at radius 2 is 1.26 bits per heavy atom. The van der Waals surface area contributed by atoms with Gasteiger partial charge in [-0.2, -0.15) is 0 Å². The van der Waals surface area contributed by atoms with E-state index in [1.165, 1.54) is 11.1 Å². The lowest BCUT2D eigenvalue weighted by Gasteiger charge is -2.29. The first-order valence-electron chi connectivity index (χ1n) is 9.51. The maximum absolute atomic E-state index is 6.13. The van der Waals surface area contributed by atoms with E-state index in [1.807, 2.05) is 24.3 Å². The van der Waals surface area contributed by atoms with Crippen molar-refractivity contribution in [2.45, 2.75) is 37.9 Å². The molecule has 0 aliphatic carbocycles. The Morgan fingerprint density at radius 3 is 1.70 bits per heavy atom. The summed E-state index contributed by atoms with van der Waals surface area (Å²) in [5.74, 6) is 3.29. The molecule has 2 aromatic carbocycles. The van der Waals surface area contributed by atoms with Gasteiger partial charge in [-0.3, -0.25) is 0 Å². The number of aryl methyl sites for hydroxylation is 2. The molecular weight excluding hydrogens is 344 g/mol. The first kappa shape index (κ1) is 18.0. The lowest BCUT2D eigenvalue weighted by molar-refractivity contribution is -0.00397. The minimum absolute atomic E-state index is 0.0409. The van der Waals surface area contributed by atoms with Gasteiger partial charge in [0.2, 0.25) is 0 Å². The summed E-state index contributed by atoms with van der Waals surface area (Å²) in [5.41, 5.74) is 2.40. The Kier molecular flexibility index (Phi) is 5.39. The molecule has 4 rings (SSSR count). The summed E-state index contributed by atoms with van der Waals surface area (Å²) in [7, 11) is 3.34. The second-order valence-electron chi connectivity index (χ2n) is 6.99. The highest BCUT2D eigenvalue weighted by Gasteiger charge is 2.25. The molecule has 144 valence electrons. The van der Waals surface area contributed by atoms with Gasteiger partial charge in [0.1, 0.15) is 12.2 Å². The van der Waals surface area contributed by atoms with Crippen molar-refractivity contribution in [1.29, 1.82) is 0 Å². The third-order valence-corrected chi connectivity index (χ3v) is 5.21. The first-order chi connectivity index (χ1) is 13.3. The van der Waals surface area contributed by atoms with Crippen molar-refractivity contribution in [3.63, 3.8) is 0 Å². The molecule has 0 bridgehead atoms. The van der Waals surface area contributed by atoms with Gasteiger partial charge in [-0.05, 0) is 48.9 Å². The average molecular weight is 370 g/mol. The molecule has 2 aliphatic heterocycles. The van der Waals surface area contributed by atoms with Gasteiger partial charge in [-0.15, -0.1) is 0 Å². The lowest BCUT2D eigenvalue weighted by Crippen LogP contribution is -2.32. The number of ether oxygens (including phenoxy) is 5. The Balaban J connectivity index is 1.31. The quantitative estimate of drug-likeness (QED) is 0.774. The summed E-state index contributed by atoms with van der Waals surface area (Å²) in [6.45, 7) is 1.10. The van der Waals surface area contributed by atoms with E-state index in [1.54, 1.807) is 14.2 Å². The van der Waals surface area contributed by atoms with Crippen LogP contribution in [-0.2, 0) is 17.6 Å². The van der Waals surface area contributed by atoms with E-state index in [0.29, 0.717) is 13.2 Å². The highest BCUT2D eigenvalue weighted by atomic mass is 16.6. The summed E-state index contributed by atoms with van der Waals surface area (Å²) in [4.78, 5) is 0. The molecular formula is C22H26O5. The van der Waals surface area contributed by atoms with Gasteiger partial charge < -0.3 is 23.7 Å². The predicted octanol–water partition coefficient (Wildman–Crippen LogP) is 3.81. The minimum atomic E-state index is 0.0409. The molecule has 27 heavy (non-hydrogen) atoms. The van der Waals surface area contributed by atoms with E-state index in [0.717, 1.165) is 48.7 Å². The Bertz CT molecular complexity index is 694. The number of para-hydroxylation sites is 2. The average Bonchev–Trinajstić information content (AvgIpc) is 2.72. The van der Waals surface area contributed by atoms with Crippen molar-refractivity contribution < 1.29 is 23.7 Å². The molecule has 0 radical (unpaired) electrons. The molecule has 0 amide bonds. The van der Waals surface area contributed by atoms with Crippen molar-refractivity contribution in [2.75, 3.05) is 27.4 Å². The molecule has 0 spiro atoms. The van der Waals surface area contributed by atoms with Crippen molar-refractivity contribution in [1.82, 2.24) is 0 Å². The topological polar surface area (TPSA) is 46.2 Å². The minimum Gasteiger partial charge on any atom is -0.493 e. The second kappa shape index (κ2) is 8.09. The first-order valence-corrected chi connectivity index (χ1v) is 9.51. The highest BCUT2D eigenvalue weighted by Crippen LogP contribution is 2.37. The van der Waals surface area contributed by atoms with Crippen LogP contribution in [0.1, 0.15) is 24.0 Å². The summed E-state index contributed by atoms with van der Waals surface area (Å²) in [5, 5.41) is 0. The molecule has 0 unspecified atom stereocenters. The van der Waals surface area contributed by atoms with Crippen LogP contribution in [-0.4, -0.2) is 39.6 Å². The zero-order valence-corrected chi connectivity index (χ0v) is 15.9. The lowest BCUT2D eigenvalue weighted by atomic mass is 10.0. The van der Waals surface area contributed by atoms with E-state index >= 15 is 0 Å². The number of fused-ring (bicyclic) bond motifs is 2. The molecule has 2 aliphatic rings. The molecule has 0 fully saturated rings. The molecule has 0 aromatic heterocycles. The molecule has 0 saturated carbocycles. The van der Waals surface area contributed by atoms with E-state index in [9.17, 15) is 0 Å². The Hall–Kier alpha value is -2.40. The monoisotopic (exact) mass is 370 g/mol. The van der Waals surface area contributed by atoms with Crippen molar-refractivity contribution in [3.8, 4) is 23.0 Å². The predicted molar refractivity (Wildman–Crippen MR) is 102 cm³/mol. The fourth-order valence-electron chi connectivity index (χ4n) is 3.76. The maximum Gasteiger partial charge on any atom is 0.164 e. The summed E-state index contributed by atoms with van der Waals surface area (Å²) in [6.07, 6.45) is 3.93. The van der Waals surface area contributed by atoms with Gasteiger partial charge in [-0.1, -0.05) is 24.3 Å². The van der Waals surface area contributed by atoms with Gasteiger partial charge in [0, 0.05) is 0 Å². The van der Waals surface area contributed by atoms with E-state index in [4.69, 9.17) is 23.7 Å². The summed E-state index contributed by atoms with van der Waals surface area (Å²) in [6, 6.07) is 12.1. The maximum atomic E-state index is 6.13. The van der Waals surface area contributed by atoms with E-state index in [-0.39, 0.29) is 12.2 Å². The fourth-order valence-corrected chi connectivity index (χ4v) is 3.76. The van der Waals surface area contributed by atoms with Crippen LogP contribution in [0.4, 0.5) is 0 Å². The van der Waals surface area contributed by atoms with Crippen molar-refractivity contribution in [2.24, 2.45) is 0 Å². The smallest absolute Gasteiger partial charge is 0.164 e. The number of rotatable bonds is 6. The van der Waals surface area contributed by atoms with E-state index in [2.05, 4.69) is 12.1 Å². The van der Waals surface area contributed by atoms with E-state index < -0.39 is 0 Å². The van der Waals surface area contributed by atoms with Gasteiger partial charge in [0.25, 0.3) is 0 Å². The third kappa shape index (κ3) is 3.83. The van der Waals surface area contributed by atoms with Crippen LogP contribution in [0, 0.1) is 0 Å². The Morgan fingerprint density at radius 1 is 0.778 bits per heavy atom. The van der Waals surface area contributed by atoms with Gasteiger partial charge in [0.05, 0.1) is 27.4 Å². The molecule has 5 heteroatoms. The molecule has 0 saturated heterocycles. The summed E-state index contributed by atoms with van der Waals surface area (Å²) < 4.78 is 29.0. The fraction of sp³-hybridized carbons (Fsp3) is 0.455. The normalized spacial score (nSPS) is 20.7. The number of hydrogen-bond acceptors (Lipinski definition) is 5. The van der Waals surface area contributed by atoms with Gasteiger partial charge >= 0.3 is 0 Å². The number of methoxy groups -OCH3 is 2. The molecule has 5 nitrogen and oxygen atoms in total. The molecule has 2 heterocycles. The molecule has 2 aromatic rings. The van der Waals surface area contributed by atoms with Gasteiger partial charge in [0.15, 0.2) is 23.0 Å². The van der Waals surface area contributed by atoms with Crippen LogP contribution < -0.4 is 18.9 Å². The zero-order valence-electron chi connectivity index (χ0n) is 15.9. The molecule has 2 atom stereocenters. The standard InChI is InChI=1S/C22H26O5/c1-23-19-7-3-5-15-9-11-17(26-21(15)19)13-25-14-18-12-10-16-6-4-8-20(24-2)22(16)27-18/h3-8,17-18H,9-14H2,1-2H3/t17-,18-/m1/s1. The van der Waals surface area contributed by atoms with Gasteiger partial charge in [-0.25, -0.2) is 0 Å². The molecule has 0 N–H and O–H groups in total. The number of benzene rings is 2. The second-order valence-corrected chi connectivity index (χ2v) is 6.99. The largest absolute Gasteiger partial charge is 0.493 e. The van der Waals surface area contributed by atoms with Crippen LogP contribution >= 0.6 is 0 Å². The SMILES string of the molecule is COc1cccc2c1O[C@@H](COC[C@H]1CCc3cccc(OC)c3O1)CC2. The highest BCUT2D eigenvalue weighted by molar-refractivity contribution is 5.48. The Labute approximate surface area is 160 Å². The van der Waals surface area contributed by atoms with Crippen LogP contribution in [0.2, 0.25) is 0 Å². The van der Waals surface area contributed by atoms with Crippen LogP contribution in [0.15, 0.2) is 36.4 Å². The summed E-state index contributed by atoms with van der Waals surface area (Å²) >= 11 is 0. The van der Waals surface area contributed by atoms with Crippen LogP contribution in [0.25, 0.3) is 0 Å². The van der Waals surface area contributed by atoms with Crippen LogP contribution in [0.5, 0.6) is 23.0 Å². The van der Waals surface area contributed by atoms with Crippen molar-refractivity contribution >= 4 is 0 Å². The third-order valence-electron chi connectivity index (χ3n) is 5.21. The van der Waals surface area contributed by atoms with Crippen molar-refractivity contribution in [3.05, 3.63) is 47.5 Å². The van der Waals surface area contributed by atoms with Crippen LogP contribution in [0.3, 0.4) is 0 Å².